The van der Waals surface area contributed by atoms with Gasteiger partial charge in [0.05, 0.1) is 0 Å². The maximum Gasteiger partial charge on any atom is 0.274 e. The van der Waals surface area contributed by atoms with Gasteiger partial charge in [-0.3, -0.25) is 9.59 Å². The van der Waals surface area contributed by atoms with E-state index in [1.165, 1.54) is 0 Å². The molecule has 0 aliphatic carbocycles. The molecule has 6 heteroatoms. The van der Waals surface area contributed by atoms with Gasteiger partial charge in [-0.2, -0.15) is 0 Å². The fourth-order valence-corrected chi connectivity index (χ4v) is 2.18. The first kappa shape index (κ1) is 16.2. The Bertz CT molecular complexity index is 689. The molecule has 0 unspecified atom stereocenters. The van der Waals surface area contributed by atoms with E-state index in [1.807, 2.05) is 19.1 Å². The molecular formula is C16H16BrN3O2. The van der Waals surface area contributed by atoms with E-state index in [0.717, 1.165) is 10.9 Å². The van der Waals surface area contributed by atoms with Crippen molar-refractivity contribution in [3.63, 3.8) is 0 Å². The zero-order valence-electron chi connectivity index (χ0n) is 12.1. The highest BCUT2D eigenvalue weighted by Crippen LogP contribution is 2.16. The van der Waals surface area contributed by atoms with Gasteiger partial charge in [0.15, 0.2) is 0 Å². The minimum Gasteiger partial charge on any atom is -0.351 e. The average Bonchev–Trinajstić information content (AvgIpc) is 2.52. The Hall–Kier alpha value is -2.21. The van der Waals surface area contributed by atoms with Crippen LogP contribution in [-0.4, -0.2) is 23.3 Å². The normalized spacial score (nSPS) is 10.1. The van der Waals surface area contributed by atoms with Crippen LogP contribution in [0.15, 0.2) is 46.9 Å². The van der Waals surface area contributed by atoms with Crippen LogP contribution in [0.3, 0.4) is 0 Å². The lowest BCUT2D eigenvalue weighted by Crippen LogP contribution is -2.26. The topological polar surface area (TPSA) is 71.1 Å². The summed E-state index contributed by atoms with van der Waals surface area (Å²) < 4.78 is 0.867. The molecule has 0 bridgehead atoms. The fraction of sp³-hybridized carbons (Fsp3) is 0.188. The van der Waals surface area contributed by atoms with E-state index in [1.54, 1.807) is 30.3 Å². The largest absolute Gasteiger partial charge is 0.351 e. The number of pyridine rings is 1. The Morgan fingerprint density at radius 2 is 1.77 bits per heavy atom. The van der Waals surface area contributed by atoms with Crippen molar-refractivity contribution < 1.29 is 9.59 Å². The third-order valence-electron chi connectivity index (χ3n) is 2.83. The summed E-state index contributed by atoms with van der Waals surface area (Å²) in [5.41, 5.74) is 1.08. The first-order valence-corrected chi connectivity index (χ1v) is 7.71. The summed E-state index contributed by atoms with van der Waals surface area (Å²) in [6.07, 6.45) is 0.842. The van der Waals surface area contributed by atoms with Gasteiger partial charge >= 0.3 is 0 Å². The third kappa shape index (κ3) is 4.39. The van der Waals surface area contributed by atoms with Crippen molar-refractivity contribution >= 4 is 33.4 Å². The molecule has 0 radical (unpaired) electrons. The quantitative estimate of drug-likeness (QED) is 0.858. The van der Waals surface area contributed by atoms with Gasteiger partial charge in [-0.15, -0.1) is 0 Å². The molecule has 1 aromatic heterocycles. The molecule has 2 N–H and O–H groups in total. The second kappa shape index (κ2) is 7.70. The van der Waals surface area contributed by atoms with E-state index in [0.29, 0.717) is 12.2 Å². The van der Waals surface area contributed by atoms with Crippen molar-refractivity contribution in [2.45, 2.75) is 13.3 Å². The first-order chi connectivity index (χ1) is 10.6. The summed E-state index contributed by atoms with van der Waals surface area (Å²) >= 11 is 3.34. The Morgan fingerprint density at radius 3 is 2.45 bits per heavy atom. The molecule has 114 valence electrons. The lowest BCUT2D eigenvalue weighted by Gasteiger charge is -2.07. The zero-order chi connectivity index (χ0) is 15.9. The van der Waals surface area contributed by atoms with Crippen LogP contribution in [0.2, 0.25) is 0 Å². The summed E-state index contributed by atoms with van der Waals surface area (Å²) in [4.78, 5) is 28.2. The molecule has 0 saturated heterocycles. The molecular weight excluding hydrogens is 346 g/mol. The van der Waals surface area contributed by atoms with Crippen LogP contribution in [0.25, 0.3) is 0 Å². The Kier molecular flexibility index (Phi) is 5.66. The lowest BCUT2D eigenvalue weighted by molar-refractivity contribution is 0.0948. The van der Waals surface area contributed by atoms with Gasteiger partial charge in [-0.25, -0.2) is 4.98 Å². The Balaban J connectivity index is 2.11. The van der Waals surface area contributed by atoms with E-state index in [4.69, 9.17) is 0 Å². The predicted octanol–water partition coefficient (Wildman–Crippen LogP) is 3.24. The summed E-state index contributed by atoms with van der Waals surface area (Å²) in [5.74, 6) is -0.637. The van der Waals surface area contributed by atoms with Gasteiger partial charge in [0, 0.05) is 16.7 Å². The van der Waals surface area contributed by atoms with Crippen LogP contribution >= 0.6 is 15.9 Å². The molecule has 1 aromatic carbocycles. The van der Waals surface area contributed by atoms with Crippen LogP contribution in [-0.2, 0) is 0 Å². The molecule has 2 aromatic rings. The number of nitrogens with zero attached hydrogens (tertiary/aromatic N) is 1. The molecule has 0 atom stereocenters. The number of aromatic nitrogens is 1. The van der Waals surface area contributed by atoms with Gasteiger partial charge in [-0.1, -0.05) is 35.0 Å². The van der Waals surface area contributed by atoms with Crippen LogP contribution in [0, 0.1) is 0 Å². The molecule has 22 heavy (non-hydrogen) atoms. The molecule has 0 spiro atoms. The number of carbonyl (C=O) groups is 2. The molecule has 1 heterocycles. The van der Waals surface area contributed by atoms with E-state index >= 15 is 0 Å². The van der Waals surface area contributed by atoms with Gasteiger partial charge in [0.1, 0.15) is 11.4 Å². The highest BCUT2D eigenvalue weighted by molar-refractivity contribution is 9.10. The van der Waals surface area contributed by atoms with E-state index < -0.39 is 0 Å². The van der Waals surface area contributed by atoms with E-state index in [9.17, 15) is 9.59 Å². The van der Waals surface area contributed by atoms with Gasteiger partial charge in [0.2, 0.25) is 0 Å². The number of carbonyl (C=O) groups excluding carboxylic acids is 2. The van der Waals surface area contributed by atoms with Crippen molar-refractivity contribution in [2.75, 3.05) is 11.9 Å². The number of halogens is 1. The maximum absolute atomic E-state index is 12.2. The number of amides is 2. The van der Waals surface area contributed by atoms with Crippen molar-refractivity contribution in [1.29, 1.82) is 0 Å². The number of benzene rings is 1. The highest BCUT2D eigenvalue weighted by Gasteiger charge is 2.12. The van der Waals surface area contributed by atoms with Crippen LogP contribution in [0.4, 0.5) is 5.69 Å². The smallest absolute Gasteiger partial charge is 0.274 e. The summed E-state index contributed by atoms with van der Waals surface area (Å²) in [6, 6.07) is 12.1. The van der Waals surface area contributed by atoms with Gasteiger partial charge in [-0.05, 0) is 36.8 Å². The van der Waals surface area contributed by atoms with Gasteiger partial charge in [0.25, 0.3) is 11.8 Å². The molecule has 2 rings (SSSR count). The average molecular weight is 362 g/mol. The lowest BCUT2D eigenvalue weighted by atomic mass is 10.2. The minimum atomic E-state index is -0.358. The molecule has 0 aliphatic rings. The number of anilines is 1. The molecule has 5 nitrogen and oxygen atoms in total. The molecule has 0 fully saturated rings. The second-order valence-corrected chi connectivity index (χ2v) is 5.54. The second-order valence-electron chi connectivity index (χ2n) is 4.63. The molecule has 2 amide bonds. The number of hydrogen-bond donors (Lipinski definition) is 2. The monoisotopic (exact) mass is 361 g/mol. The van der Waals surface area contributed by atoms with Crippen LogP contribution in [0.5, 0.6) is 0 Å². The standard InChI is InChI=1S/C16H16BrN3O2/c1-2-9-18-15(21)13-7-4-8-14(20-13)16(22)19-12-6-3-5-11(17)10-12/h3-8,10H,2,9H2,1H3,(H,18,21)(H,19,22). The minimum absolute atomic E-state index is 0.198. The zero-order valence-corrected chi connectivity index (χ0v) is 13.7. The van der Waals surface area contributed by atoms with Crippen molar-refractivity contribution in [3.05, 3.63) is 58.3 Å². The number of nitrogens with one attached hydrogen (secondary N) is 2. The first-order valence-electron chi connectivity index (χ1n) is 6.92. The number of hydrogen-bond acceptors (Lipinski definition) is 3. The third-order valence-corrected chi connectivity index (χ3v) is 3.33. The van der Waals surface area contributed by atoms with Crippen LogP contribution in [0.1, 0.15) is 34.3 Å². The Morgan fingerprint density at radius 1 is 1.09 bits per heavy atom. The summed E-state index contributed by atoms with van der Waals surface area (Å²) in [7, 11) is 0. The van der Waals surface area contributed by atoms with Crippen molar-refractivity contribution in [2.24, 2.45) is 0 Å². The fourth-order valence-electron chi connectivity index (χ4n) is 1.78. The van der Waals surface area contributed by atoms with Gasteiger partial charge < -0.3 is 10.6 Å². The molecule has 0 aliphatic heterocycles. The van der Waals surface area contributed by atoms with Crippen molar-refractivity contribution in [3.8, 4) is 0 Å². The summed E-state index contributed by atoms with van der Waals surface area (Å²) in [6.45, 7) is 2.55. The van der Waals surface area contributed by atoms with E-state index in [-0.39, 0.29) is 23.2 Å². The number of rotatable bonds is 5. The molecule has 0 saturated carbocycles. The summed E-state index contributed by atoms with van der Waals surface area (Å²) in [5, 5.41) is 5.48. The maximum atomic E-state index is 12.2. The van der Waals surface area contributed by atoms with E-state index in [2.05, 4.69) is 31.5 Å². The SMILES string of the molecule is CCCNC(=O)c1cccc(C(=O)Nc2cccc(Br)c2)n1. The van der Waals surface area contributed by atoms with Crippen LogP contribution < -0.4 is 10.6 Å². The highest BCUT2D eigenvalue weighted by atomic mass is 79.9. The Labute approximate surface area is 137 Å². The van der Waals surface area contributed by atoms with Crippen molar-refractivity contribution in [1.82, 2.24) is 10.3 Å². The predicted molar refractivity (Wildman–Crippen MR) is 89.0 cm³/mol.